The van der Waals surface area contributed by atoms with E-state index in [0.29, 0.717) is 19.0 Å². The van der Waals surface area contributed by atoms with Crippen molar-refractivity contribution in [2.45, 2.75) is 69.4 Å². The lowest BCUT2D eigenvalue weighted by Crippen LogP contribution is -2.61. The zero-order chi connectivity index (χ0) is 19.4. The summed E-state index contributed by atoms with van der Waals surface area (Å²) in [7, 11) is 0. The molecule has 4 rings (SSSR count). The van der Waals surface area contributed by atoms with Gasteiger partial charge in [-0.1, -0.05) is 37.8 Å². The van der Waals surface area contributed by atoms with Crippen LogP contribution in [0.25, 0.3) is 0 Å². The SMILES string of the molecule is Cl.O=C(CCN1C(=O)C2(CCNCC2)Nc2ccccc21)NC1CCCCCC1. The normalized spacial score (nSPS) is 21.5. The number of halogens is 1. The quantitative estimate of drug-likeness (QED) is 0.654. The Kier molecular flexibility index (Phi) is 7.41. The maximum Gasteiger partial charge on any atom is 0.252 e. The summed E-state index contributed by atoms with van der Waals surface area (Å²) in [5, 5.41) is 10.1. The molecular weight excluding hydrogens is 388 g/mol. The Hall–Kier alpha value is -1.79. The van der Waals surface area contributed by atoms with Crippen LogP contribution in [0.2, 0.25) is 0 Å². The van der Waals surface area contributed by atoms with Crippen LogP contribution in [-0.4, -0.2) is 43.0 Å². The second kappa shape index (κ2) is 9.81. The summed E-state index contributed by atoms with van der Waals surface area (Å²) in [6.07, 6.45) is 9.00. The van der Waals surface area contributed by atoms with Crippen molar-refractivity contribution in [2.24, 2.45) is 0 Å². The first-order valence-corrected chi connectivity index (χ1v) is 10.9. The average molecular weight is 421 g/mol. The van der Waals surface area contributed by atoms with Gasteiger partial charge in [-0.25, -0.2) is 0 Å². The molecule has 1 aromatic rings. The first kappa shape index (κ1) is 21.9. The van der Waals surface area contributed by atoms with Crippen LogP contribution in [0, 0.1) is 0 Å². The fourth-order valence-electron chi connectivity index (χ4n) is 4.85. The predicted octanol–water partition coefficient (Wildman–Crippen LogP) is 3.22. The lowest BCUT2D eigenvalue weighted by Gasteiger charge is -2.46. The number of fused-ring (bicyclic) bond motifs is 1. The minimum absolute atomic E-state index is 0. The van der Waals surface area contributed by atoms with E-state index in [9.17, 15) is 9.59 Å². The summed E-state index contributed by atoms with van der Waals surface area (Å²) >= 11 is 0. The van der Waals surface area contributed by atoms with E-state index < -0.39 is 5.54 Å². The lowest BCUT2D eigenvalue weighted by atomic mass is 9.84. The van der Waals surface area contributed by atoms with Crippen LogP contribution in [-0.2, 0) is 9.59 Å². The number of anilines is 2. The molecule has 1 aliphatic carbocycles. The number of hydrogen-bond donors (Lipinski definition) is 3. The number of amides is 2. The molecule has 0 bridgehead atoms. The predicted molar refractivity (Wildman–Crippen MR) is 119 cm³/mol. The largest absolute Gasteiger partial charge is 0.369 e. The molecule has 2 amide bonds. The van der Waals surface area contributed by atoms with Crippen molar-refractivity contribution in [3.05, 3.63) is 24.3 Å². The molecule has 6 nitrogen and oxygen atoms in total. The van der Waals surface area contributed by atoms with Crippen molar-refractivity contribution >= 4 is 35.6 Å². The zero-order valence-corrected chi connectivity index (χ0v) is 17.9. The summed E-state index contributed by atoms with van der Waals surface area (Å²) in [5.74, 6) is 0.171. The van der Waals surface area contributed by atoms with Gasteiger partial charge in [0.25, 0.3) is 5.91 Å². The van der Waals surface area contributed by atoms with Gasteiger partial charge in [-0.15, -0.1) is 12.4 Å². The van der Waals surface area contributed by atoms with Crippen LogP contribution in [0.15, 0.2) is 24.3 Å². The highest BCUT2D eigenvalue weighted by Gasteiger charge is 2.46. The van der Waals surface area contributed by atoms with Crippen LogP contribution in [0.3, 0.4) is 0 Å². The van der Waals surface area contributed by atoms with Gasteiger partial charge < -0.3 is 20.9 Å². The topological polar surface area (TPSA) is 73.5 Å². The molecule has 2 aliphatic heterocycles. The summed E-state index contributed by atoms with van der Waals surface area (Å²) in [6.45, 7) is 2.10. The molecule has 0 aromatic heterocycles. The van der Waals surface area contributed by atoms with Crippen LogP contribution in [0.1, 0.15) is 57.8 Å². The monoisotopic (exact) mass is 420 g/mol. The van der Waals surface area contributed by atoms with Crippen molar-refractivity contribution in [3.63, 3.8) is 0 Å². The van der Waals surface area contributed by atoms with Gasteiger partial charge in [0.15, 0.2) is 0 Å². The van der Waals surface area contributed by atoms with Crippen molar-refractivity contribution in [1.82, 2.24) is 10.6 Å². The third kappa shape index (κ3) is 4.86. The van der Waals surface area contributed by atoms with Crippen molar-refractivity contribution in [2.75, 3.05) is 29.9 Å². The van der Waals surface area contributed by atoms with Crippen LogP contribution in [0.5, 0.6) is 0 Å². The molecule has 3 N–H and O–H groups in total. The second-order valence-corrected chi connectivity index (χ2v) is 8.44. The number of carbonyl (C=O) groups is 2. The third-order valence-corrected chi connectivity index (χ3v) is 6.46. The third-order valence-electron chi connectivity index (χ3n) is 6.46. The van der Waals surface area contributed by atoms with E-state index >= 15 is 0 Å². The molecule has 3 aliphatic rings. The van der Waals surface area contributed by atoms with Crippen LogP contribution in [0.4, 0.5) is 11.4 Å². The van der Waals surface area contributed by atoms with Gasteiger partial charge in [0, 0.05) is 19.0 Å². The van der Waals surface area contributed by atoms with E-state index in [0.717, 1.165) is 50.1 Å². The van der Waals surface area contributed by atoms with E-state index in [2.05, 4.69) is 16.0 Å². The number of rotatable bonds is 4. The van der Waals surface area contributed by atoms with Crippen molar-refractivity contribution in [1.29, 1.82) is 0 Å². The minimum Gasteiger partial charge on any atom is -0.369 e. The molecule has 0 atom stereocenters. The maximum absolute atomic E-state index is 13.4. The average Bonchev–Trinajstić information content (AvgIpc) is 2.98. The number of nitrogens with zero attached hydrogens (tertiary/aromatic N) is 1. The van der Waals surface area contributed by atoms with E-state index in [1.54, 1.807) is 0 Å². The van der Waals surface area contributed by atoms with E-state index in [-0.39, 0.29) is 24.2 Å². The molecule has 160 valence electrons. The summed E-state index contributed by atoms with van der Waals surface area (Å²) in [6, 6.07) is 8.25. The summed E-state index contributed by atoms with van der Waals surface area (Å²) in [5.41, 5.74) is 1.34. The number of piperidine rings is 1. The number of benzene rings is 1. The Morgan fingerprint density at radius 3 is 2.52 bits per heavy atom. The van der Waals surface area contributed by atoms with Gasteiger partial charge in [-0.2, -0.15) is 0 Å². The van der Waals surface area contributed by atoms with E-state index in [1.807, 2.05) is 29.2 Å². The molecule has 2 heterocycles. The standard InChI is InChI=1S/C22H32N4O2.ClH/c27-20(24-17-7-3-1-2-4-8-17)11-16-26-19-10-6-5-9-18(19)25-22(21(26)28)12-14-23-15-13-22;/h5-6,9-10,17,23,25H,1-4,7-8,11-16H2,(H,24,27);1H. The number of hydrogen-bond acceptors (Lipinski definition) is 4. The summed E-state index contributed by atoms with van der Waals surface area (Å²) in [4.78, 5) is 27.8. The molecular formula is C22H33ClN4O2. The Morgan fingerprint density at radius 2 is 1.79 bits per heavy atom. The maximum atomic E-state index is 13.4. The lowest BCUT2D eigenvalue weighted by molar-refractivity contribution is -0.124. The number of nitrogens with one attached hydrogen (secondary N) is 3. The number of carbonyl (C=O) groups excluding carboxylic acids is 2. The van der Waals surface area contributed by atoms with Crippen LogP contribution >= 0.6 is 12.4 Å². The first-order chi connectivity index (χ1) is 13.7. The molecule has 0 radical (unpaired) electrons. The van der Waals surface area contributed by atoms with E-state index in [4.69, 9.17) is 0 Å². The highest BCUT2D eigenvalue weighted by Crippen LogP contribution is 2.38. The first-order valence-electron chi connectivity index (χ1n) is 10.9. The van der Waals surface area contributed by atoms with Gasteiger partial charge in [-0.05, 0) is 50.9 Å². The number of para-hydroxylation sites is 2. The molecule has 29 heavy (non-hydrogen) atoms. The second-order valence-electron chi connectivity index (χ2n) is 8.44. The Morgan fingerprint density at radius 1 is 1.10 bits per heavy atom. The fraction of sp³-hybridized carbons (Fsp3) is 0.636. The molecule has 1 saturated heterocycles. The fourth-order valence-corrected chi connectivity index (χ4v) is 4.85. The highest BCUT2D eigenvalue weighted by atomic mass is 35.5. The highest BCUT2D eigenvalue weighted by molar-refractivity contribution is 6.08. The molecule has 2 fully saturated rings. The molecule has 1 aromatic carbocycles. The Bertz CT molecular complexity index is 713. The minimum atomic E-state index is -0.544. The van der Waals surface area contributed by atoms with Gasteiger partial charge in [0.05, 0.1) is 11.4 Å². The molecule has 7 heteroatoms. The molecule has 1 spiro atoms. The van der Waals surface area contributed by atoms with Gasteiger partial charge in [0.1, 0.15) is 5.54 Å². The van der Waals surface area contributed by atoms with E-state index in [1.165, 1.54) is 25.7 Å². The van der Waals surface area contributed by atoms with Gasteiger partial charge >= 0.3 is 0 Å². The molecule has 0 unspecified atom stereocenters. The van der Waals surface area contributed by atoms with Gasteiger partial charge in [0.2, 0.25) is 5.91 Å². The zero-order valence-electron chi connectivity index (χ0n) is 17.0. The smallest absolute Gasteiger partial charge is 0.252 e. The Balaban J connectivity index is 0.00000240. The summed E-state index contributed by atoms with van der Waals surface area (Å²) < 4.78 is 0. The van der Waals surface area contributed by atoms with Crippen molar-refractivity contribution < 1.29 is 9.59 Å². The van der Waals surface area contributed by atoms with Gasteiger partial charge in [-0.3, -0.25) is 9.59 Å². The molecule has 1 saturated carbocycles. The van der Waals surface area contributed by atoms with Crippen molar-refractivity contribution in [3.8, 4) is 0 Å². The Labute approximate surface area is 179 Å². The van der Waals surface area contributed by atoms with Crippen LogP contribution < -0.4 is 20.9 Å².